The molecule has 0 bridgehead atoms. The number of hydrogen-bond acceptors (Lipinski definition) is 4. The number of aromatic nitrogens is 1. The number of aryl methyl sites for hydroxylation is 1. The van der Waals surface area contributed by atoms with E-state index in [1.165, 1.54) is 16.9 Å². The molecule has 0 saturated heterocycles. The third-order valence-corrected chi connectivity index (χ3v) is 4.46. The van der Waals surface area contributed by atoms with Crippen molar-refractivity contribution in [1.82, 2.24) is 4.98 Å². The van der Waals surface area contributed by atoms with E-state index in [1.807, 2.05) is 36.4 Å². The van der Waals surface area contributed by atoms with Crippen molar-refractivity contribution in [2.75, 3.05) is 11.1 Å². The van der Waals surface area contributed by atoms with E-state index in [2.05, 4.69) is 17.2 Å². The Morgan fingerprint density at radius 2 is 2.05 bits per heavy atom. The highest BCUT2D eigenvalue weighted by molar-refractivity contribution is 7.21. The molecule has 2 heterocycles. The summed E-state index contributed by atoms with van der Waals surface area (Å²) in [6, 6.07) is 11.5. The van der Waals surface area contributed by atoms with Gasteiger partial charge in [0.25, 0.3) is 5.91 Å². The zero-order valence-corrected chi connectivity index (χ0v) is 12.4. The smallest absolute Gasteiger partial charge is 0.267 e. The summed E-state index contributed by atoms with van der Waals surface area (Å²) in [5, 5.41) is 3.70. The average Bonchev–Trinajstić information content (AvgIpc) is 2.86. The van der Waals surface area contributed by atoms with Crippen molar-refractivity contribution in [3.63, 3.8) is 0 Å². The Balaban J connectivity index is 1.87. The third-order valence-electron chi connectivity index (χ3n) is 3.33. The summed E-state index contributed by atoms with van der Waals surface area (Å²) in [6.07, 6.45) is 2.67. The monoisotopic (exact) mass is 297 g/mol. The topological polar surface area (TPSA) is 68.0 Å². The van der Waals surface area contributed by atoms with Crippen molar-refractivity contribution in [2.45, 2.75) is 13.3 Å². The summed E-state index contributed by atoms with van der Waals surface area (Å²) in [4.78, 5) is 17.9. The van der Waals surface area contributed by atoms with Crippen molar-refractivity contribution in [2.24, 2.45) is 0 Å². The summed E-state index contributed by atoms with van der Waals surface area (Å²) in [5.41, 5.74) is 8.54. The molecule has 1 aromatic carbocycles. The van der Waals surface area contributed by atoms with Gasteiger partial charge in [0.15, 0.2) is 0 Å². The molecule has 3 N–H and O–H groups in total. The highest BCUT2D eigenvalue weighted by atomic mass is 32.1. The molecule has 106 valence electrons. The van der Waals surface area contributed by atoms with E-state index in [1.54, 1.807) is 6.20 Å². The zero-order valence-electron chi connectivity index (χ0n) is 11.6. The van der Waals surface area contributed by atoms with E-state index in [-0.39, 0.29) is 5.91 Å². The first kappa shape index (κ1) is 13.6. The van der Waals surface area contributed by atoms with Crippen LogP contribution in [0.5, 0.6) is 0 Å². The van der Waals surface area contributed by atoms with Gasteiger partial charge in [0, 0.05) is 17.3 Å². The molecule has 21 heavy (non-hydrogen) atoms. The van der Waals surface area contributed by atoms with Crippen molar-refractivity contribution < 1.29 is 4.79 Å². The minimum atomic E-state index is -0.195. The number of benzene rings is 1. The van der Waals surface area contributed by atoms with Crippen LogP contribution < -0.4 is 11.1 Å². The second kappa shape index (κ2) is 5.54. The Labute approximate surface area is 126 Å². The van der Waals surface area contributed by atoms with E-state index < -0.39 is 0 Å². The molecule has 0 spiro atoms. The van der Waals surface area contributed by atoms with Crippen molar-refractivity contribution in [1.29, 1.82) is 0 Å². The van der Waals surface area contributed by atoms with Gasteiger partial charge in [-0.25, -0.2) is 4.98 Å². The van der Waals surface area contributed by atoms with Gasteiger partial charge < -0.3 is 11.1 Å². The molecule has 0 aliphatic rings. The summed E-state index contributed by atoms with van der Waals surface area (Å²) < 4.78 is 0. The number of carbonyl (C=O) groups is 1. The van der Waals surface area contributed by atoms with Gasteiger partial charge >= 0.3 is 0 Å². The third kappa shape index (κ3) is 2.60. The predicted octanol–water partition coefficient (Wildman–Crippen LogP) is 3.69. The lowest BCUT2D eigenvalue weighted by Crippen LogP contribution is -2.11. The highest BCUT2D eigenvalue weighted by Gasteiger charge is 2.16. The number of carbonyl (C=O) groups excluding carboxylic acids is 1. The van der Waals surface area contributed by atoms with Crippen LogP contribution in [-0.4, -0.2) is 10.9 Å². The molecule has 0 atom stereocenters. The number of nitrogens with one attached hydrogen (secondary N) is 1. The number of anilines is 2. The number of pyridine rings is 1. The molecule has 5 heteroatoms. The second-order valence-corrected chi connectivity index (χ2v) is 5.70. The maximum Gasteiger partial charge on any atom is 0.267 e. The molecule has 0 radical (unpaired) electrons. The van der Waals surface area contributed by atoms with Crippen LogP contribution in [0.2, 0.25) is 0 Å². The minimum Gasteiger partial charge on any atom is -0.397 e. The first-order valence-electron chi connectivity index (χ1n) is 6.72. The normalized spacial score (nSPS) is 10.7. The fourth-order valence-corrected chi connectivity index (χ4v) is 3.09. The molecule has 0 saturated carbocycles. The van der Waals surface area contributed by atoms with Crippen LogP contribution in [0.15, 0.2) is 42.6 Å². The van der Waals surface area contributed by atoms with E-state index in [0.29, 0.717) is 10.6 Å². The first-order valence-corrected chi connectivity index (χ1v) is 7.54. The number of nitrogen functional groups attached to an aromatic ring is 1. The molecule has 3 aromatic rings. The van der Waals surface area contributed by atoms with Crippen LogP contribution in [-0.2, 0) is 6.42 Å². The Bertz CT molecular complexity index is 793. The number of thiophene rings is 1. The maximum absolute atomic E-state index is 12.4. The predicted molar refractivity (Wildman–Crippen MR) is 87.8 cm³/mol. The van der Waals surface area contributed by atoms with Gasteiger partial charge in [-0.3, -0.25) is 4.79 Å². The lowest BCUT2D eigenvalue weighted by atomic mass is 10.1. The van der Waals surface area contributed by atoms with E-state index in [4.69, 9.17) is 5.73 Å². The molecule has 2 aromatic heterocycles. The van der Waals surface area contributed by atoms with Crippen LogP contribution in [0.25, 0.3) is 10.2 Å². The van der Waals surface area contributed by atoms with Gasteiger partial charge in [-0.2, -0.15) is 0 Å². The molecule has 3 rings (SSSR count). The zero-order chi connectivity index (χ0) is 14.8. The number of nitrogens with zero attached hydrogens (tertiary/aromatic N) is 1. The summed E-state index contributed by atoms with van der Waals surface area (Å²) in [6.45, 7) is 2.10. The summed E-state index contributed by atoms with van der Waals surface area (Å²) in [5.74, 6) is -0.195. The quantitative estimate of drug-likeness (QED) is 0.774. The average molecular weight is 297 g/mol. The van der Waals surface area contributed by atoms with E-state index in [9.17, 15) is 4.79 Å². The number of amides is 1. The molecule has 0 aliphatic heterocycles. The first-order chi connectivity index (χ1) is 10.2. The van der Waals surface area contributed by atoms with Crippen LogP contribution in [0, 0.1) is 0 Å². The van der Waals surface area contributed by atoms with Gasteiger partial charge in [-0.15, -0.1) is 11.3 Å². The molecular formula is C16H15N3OS. The Hall–Kier alpha value is -2.40. The molecule has 4 nitrogen and oxygen atoms in total. The Morgan fingerprint density at radius 1 is 1.29 bits per heavy atom. The SMILES string of the molecule is CCc1ccc(NC(=O)c2sc3ncccc3c2N)cc1. The van der Waals surface area contributed by atoms with Gasteiger partial charge in [0.2, 0.25) is 0 Å². The number of fused-ring (bicyclic) bond motifs is 1. The fourth-order valence-electron chi connectivity index (χ4n) is 2.13. The minimum absolute atomic E-state index is 0.195. The van der Waals surface area contributed by atoms with Crippen molar-refractivity contribution >= 4 is 38.8 Å². The molecule has 0 unspecified atom stereocenters. The van der Waals surface area contributed by atoms with Gasteiger partial charge in [0.1, 0.15) is 9.71 Å². The van der Waals surface area contributed by atoms with E-state index in [0.717, 1.165) is 22.3 Å². The van der Waals surface area contributed by atoms with Crippen molar-refractivity contribution in [3.05, 3.63) is 53.0 Å². The van der Waals surface area contributed by atoms with Crippen LogP contribution in [0.3, 0.4) is 0 Å². The second-order valence-electron chi connectivity index (χ2n) is 4.71. The Morgan fingerprint density at radius 3 is 2.71 bits per heavy atom. The Kier molecular flexibility index (Phi) is 3.58. The fraction of sp³-hybridized carbons (Fsp3) is 0.125. The number of hydrogen-bond donors (Lipinski definition) is 2. The lowest BCUT2D eigenvalue weighted by Gasteiger charge is -2.05. The maximum atomic E-state index is 12.4. The molecule has 0 fully saturated rings. The van der Waals surface area contributed by atoms with Crippen LogP contribution in [0.4, 0.5) is 11.4 Å². The lowest BCUT2D eigenvalue weighted by molar-refractivity contribution is 0.103. The number of rotatable bonds is 3. The molecular weight excluding hydrogens is 282 g/mol. The summed E-state index contributed by atoms with van der Waals surface area (Å²) in [7, 11) is 0. The number of nitrogens with two attached hydrogens (primary N) is 1. The van der Waals surface area contributed by atoms with Crippen LogP contribution in [0.1, 0.15) is 22.2 Å². The van der Waals surface area contributed by atoms with Crippen molar-refractivity contribution in [3.8, 4) is 0 Å². The highest BCUT2D eigenvalue weighted by Crippen LogP contribution is 2.32. The molecule has 1 amide bonds. The standard InChI is InChI=1S/C16H15N3OS/c1-2-10-5-7-11(8-6-10)19-15(20)14-13(17)12-4-3-9-18-16(12)21-14/h3-9H,2,17H2,1H3,(H,19,20). The van der Waals surface area contributed by atoms with Crippen LogP contribution >= 0.6 is 11.3 Å². The molecule has 0 aliphatic carbocycles. The largest absolute Gasteiger partial charge is 0.397 e. The van der Waals surface area contributed by atoms with Gasteiger partial charge in [-0.05, 0) is 36.2 Å². The van der Waals surface area contributed by atoms with Gasteiger partial charge in [-0.1, -0.05) is 19.1 Å². The summed E-state index contributed by atoms with van der Waals surface area (Å²) >= 11 is 1.31. The van der Waals surface area contributed by atoms with Gasteiger partial charge in [0.05, 0.1) is 5.69 Å². The van der Waals surface area contributed by atoms with E-state index >= 15 is 0 Å².